The largest absolute Gasteiger partial charge is 0.478 e. The maximum atomic E-state index is 12.0. The van der Waals surface area contributed by atoms with Crippen LogP contribution in [0.25, 0.3) is 0 Å². The Balaban J connectivity index is 2.93. The number of amides is 1. The van der Waals surface area contributed by atoms with Crippen LogP contribution in [0.5, 0.6) is 0 Å². The molecule has 110 valence electrons. The van der Waals surface area contributed by atoms with Crippen LogP contribution in [-0.2, 0) is 16.1 Å². The predicted octanol–water partition coefficient (Wildman–Crippen LogP) is 2.91. The van der Waals surface area contributed by atoms with Gasteiger partial charge in [0.2, 0.25) is 5.91 Å². The number of carbonyl (C=O) groups excluding carboxylic acids is 1. The molecule has 1 unspecified atom stereocenters. The fourth-order valence-electron chi connectivity index (χ4n) is 1.97. The van der Waals surface area contributed by atoms with Gasteiger partial charge < -0.3 is 15.2 Å². The molecular formula is C15H21NO4. The van der Waals surface area contributed by atoms with Gasteiger partial charge in [-0.25, -0.2) is 4.79 Å². The van der Waals surface area contributed by atoms with Crippen LogP contribution in [0.15, 0.2) is 18.2 Å². The Hall–Kier alpha value is -1.88. The van der Waals surface area contributed by atoms with Gasteiger partial charge in [0, 0.05) is 18.7 Å². The average molecular weight is 279 g/mol. The molecule has 1 aromatic rings. The lowest BCUT2D eigenvalue weighted by Crippen LogP contribution is -2.20. The highest BCUT2D eigenvalue weighted by Crippen LogP contribution is 2.18. The van der Waals surface area contributed by atoms with Crippen molar-refractivity contribution in [3.8, 4) is 0 Å². The number of nitrogens with one attached hydrogen (secondary N) is 1. The third-order valence-electron chi connectivity index (χ3n) is 2.99. The van der Waals surface area contributed by atoms with Crippen LogP contribution in [0.4, 0.5) is 5.69 Å². The number of carboxylic acid groups (broad SMARTS) is 1. The molecule has 0 saturated carbocycles. The molecule has 0 aromatic heterocycles. The van der Waals surface area contributed by atoms with Gasteiger partial charge in [-0.2, -0.15) is 0 Å². The van der Waals surface area contributed by atoms with E-state index in [-0.39, 0.29) is 17.4 Å². The Morgan fingerprint density at radius 1 is 1.35 bits per heavy atom. The van der Waals surface area contributed by atoms with Gasteiger partial charge in [-0.1, -0.05) is 20.3 Å². The van der Waals surface area contributed by atoms with Gasteiger partial charge in [0.1, 0.15) is 0 Å². The van der Waals surface area contributed by atoms with Crippen molar-refractivity contribution in [1.82, 2.24) is 0 Å². The van der Waals surface area contributed by atoms with Crippen molar-refractivity contribution in [2.45, 2.75) is 33.3 Å². The standard InChI is InChI=1S/C15H21NO4/c1-4-5-10(2)14(17)16-13-7-11(9-20-3)6-12(8-13)15(18)19/h6-8,10H,4-5,9H2,1-3H3,(H,16,17)(H,18,19). The molecule has 1 atom stereocenters. The zero-order valence-electron chi connectivity index (χ0n) is 12.1. The van der Waals surface area contributed by atoms with Crippen molar-refractivity contribution < 1.29 is 19.4 Å². The van der Waals surface area contributed by atoms with Crippen molar-refractivity contribution in [2.75, 3.05) is 12.4 Å². The van der Waals surface area contributed by atoms with Crippen LogP contribution in [0, 0.1) is 5.92 Å². The number of methoxy groups -OCH3 is 1. The van der Waals surface area contributed by atoms with Crippen LogP contribution in [0.3, 0.4) is 0 Å². The molecule has 0 spiro atoms. The summed E-state index contributed by atoms with van der Waals surface area (Å²) in [7, 11) is 1.54. The summed E-state index contributed by atoms with van der Waals surface area (Å²) >= 11 is 0. The van der Waals surface area contributed by atoms with Gasteiger partial charge >= 0.3 is 5.97 Å². The lowest BCUT2D eigenvalue weighted by molar-refractivity contribution is -0.119. The summed E-state index contributed by atoms with van der Waals surface area (Å²) in [6.07, 6.45) is 1.73. The summed E-state index contributed by atoms with van der Waals surface area (Å²) in [5.41, 5.74) is 1.34. The topological polar surface area (TPSA) is 75.6 Å². The highest BCUT2D eigenvalue weighted by Gasteiger charge is 2.14. The molecule has 0 aliphatic rings. The van der Waals surface area contributed by atoms with E-state index in [2.05, 4.69) is 5.32 Å². The van der Waals surface area contributed by atoms with Gasteiger partial charge in [-0.3, -0.25) is 4.79 Å². The van der Waals surface area contributed by atoms with Crippen LogP contribution in [0.2, 0.25) is 0 Å². The van der Waals surface area contributed by atoms with E-state index < -0.39 is 5.97 Å². The van der Waals surface area contributed by atoms with E-state index >= 15 is 0 Å². The van der Waals surface area contributed by atoms with E-state index in [1.807, 2.05) is 13.8 Å². The average Bonchev–Trinajstić information content (AvgIpc) is 2.39. The van der Waals surface area contributed by atoms with Crippen molar-refractivity contribution in [3.63, 3.8) is 0 Å². The van der Waals surface area contributed by atoms with Crippen molar-refractivity contribution in [3.05, 3.63) is 29.3 Å². The minimum Gasteiger partial charge on any atom is -0.478 e. The van der Waals surface area contributed by atoms with Gasteiger partial charge in [-0.15, -0.1) is 0 Å². The molecule has 0 radical (unpaired) electrons. The van der Waals surface area contributed by atoms with Crippen LogP contribution in [0.1, 0.15) is 42.6 Å². The first-order valence-electron chi connectivity index (χ1n) is 6.65. The van der Waals surface area contributed by atoms with E-state index in [0.717, 1.165) is 12.8 Å². The van der Waals surface area contributed by atoms with E-state index in [0.29, 0.717) is 17.9 Å². The SMILES string of the molecule is CCCC(C)C(=O)Nc1cc(COC)cc(C(=O)O)c1. The minimum absolute atomic E-state index is 0.0978. The molecule has 0 heterocycles. The second-order valence-electron chi connectivity index (χ2n) is 4.84. The molecule has 2 N–H and O–H groups in total. The quantitative estimate of drug-likeness (QED) is 0.804. The summed E-state index contributed by atoms with van der Waals surface area (Å²) in [6.45, 7) is 4.18. The first-order valence-corrected chi connectivity index (χ1v) is 6.65. The first-order chi connectivity index (χ1) is 9.47. The van der Waals surface area contributed by atoms with Crippen molar-refractivity contribution in [1.29, 1.82) is 0 Å². The number of anilines is 1. The van der Waals surface area contributed by atoms with Gasteiger partial charge in [-0.05, 0) is 30.2 Å². The smallest absolute Gasteiger partial charge is 0.335 e. The molecule has 0 saturated heterocycles. The Bertz CT molecular complexity index is 485. The maximum Gasteiger partial charge on any atom is 0.335 e. The molecule has 1 amide bonds. The fraction of sp³-hybridized carbons (Fsp3) is 0.467. The fourth-order valence-corrected chi connectivity index (χ4v) is 1.97. The summed E-state index contributed by atoms with van der Waals surface area (Å²) < 4.78 is 5.00. The van der Waals surface area contributed by atoms with Crippen LogP contribution in [-0.4, -0.2) is 24.1 Å². The van der Waals surface area contributed by atoms with Gasteiger partial charge in [0.15, 0.2) is 0 Å². The summed E-state index contributed by atoms with van der Waals surface area (Å²) in [6, 6.07) is 4.72. The highest BCUT2D eigenvalue weighted by molar-refractivity contribution is 5.95. The Morgan fingerprint density at radius 3 is 2.60 bits per heavy atom. The molecule has 5 heteroatoms. The third-order valence-corrected chi connectivity index (χ3v) is 2.99. The molecule has 5 nitrogen and oxygen atoms in total. The molecule has 1 aromatic carbocycles. The second kappa shape index (κ2) is 7.65. The number of aromatic carboxylic acids is 1. The van der Waals surface area contributed by atoms with Crippen LogP contribution >= 0.6 is 0 Å². The summed E-state index contributed by atoms with van der Waals surface area (Å²) in [5.74, 6) is -1.22. The number of benzene rings is 1. The molecular weight excluding hydrogens is 258 g/mol. The molecule has 20 heavy (non-hydrogen) atoms. The molecule has 0 aliphatic heterocycles. The number of hydrogen-bond acceptors (Lipinski definition) is 3. The van der Waals surface area contributed by atoms with Crippen molar-refractivity contribution in [2.24, 2.45) is 5.92 Å². The second-order valence-corrected chi connectivity index (χ2v) is 4.84. The highest BCUT2D eigenvalue weighted by atomic mass is 16.5. The Morgan fingerprint density at radius 2 is 2.05 bits per heavy atom. The zero-order chi connectivity index (χ0) is 15.1. The lowest BCUT2D eigenvalue weighted by Gasteiger charge is -2.13. The van der Waals surface area contributed by atoms with E-state index in [1.165, 1.54) is 19.2 Å². The van der Waals surface area contributed by atoms with Gasteiger partial charge in [0.05, 0.1) is 12.2 Å². The number of hydrogen-bond donors (Lipinski definition) is 2. The van der Waals surface area contributed by atoms with Crippen molar-refractivity contribution >= 4 is 17.6 Å². The predicted molar refractivity (Wildman–Crippen MR) is 76.8 cm³/mol. The summed E-state index contributed by atoms with van der Waals surface area (Å²) in [5, 5.41) is 11.8. The normalized spacial score (nSPS) is 11.9. The number of carbonyl (C=O) groups is 2. The molecule has 0 fully saturated rings. The lowest BCUT2D eigenvalue weighted by atomic mass is 10.0. The van der Waals surface area contributed by atoms with E-state index in [4.69, 9.17) is 9.84 Å². The Labute approximate surface area is 118 Å². The zero-order valence-corrected chi connectivity index (χ0v) is 12.1. The van der Waals surface area contributed by atoms with E-state index in [9.17, 15) is 9.59 Å². The van der Waals surface area contributed by atoms with Crippen LogP contribution < -0.4 is 5.32 Å². The number of ether oxygens (including phenoxy) is 1. The third kappa shape index (κ3) is 4.66. The number of rotatable bonds is 7. The monoisotopic (exact) mass is 279 g/mol. The maximum absolute atomic E-state index is 12.0. The molecule has 0 aliphatic carbocycles. The Kier molecular flexibility index (Phi) is 6.18. The molecule has 0 bridgehead atoms. The van der Waals surface area contributed by atoms with E-state index in [1.54, 1.807) is 6.07 Å². The number of carboxylic acids is 1. The van der Waals surface area contributed by atoms with Gasteiger partial charge in [0.25, 0.3) is 0 Å². The first kappa shape index (κ1) is 16.2. The molecule has 1 rings (SSSR count). The minimum atomic E-state index is -1.03. The summed E-state index contributed by atoms with van der Waals surface area (Å²) in [4.78, 5) is 23.0.